The Kier molecular flexibility index (Phi) is 5.85. The van der Waals surface area contributed by atoms with Crippen LogP contribution in [0.15, 0.2) is 111 Å². The van der Waals surface area contributed by atoms with Crippen LogP contribution in [0.2, 0.25) is 0 Å². The van der Waals surface area contributed by atoms with Gasteiger partial charge in [-0.05, 0) is 48.5 Å². The van der Waals surface area contributed by atoms with Gasteiger partial charge in [0.15, 0.2) is 0 Å². The zero-order valence-electron chi connectivity index (χ0n) is 17.8. The van der Waals surface area contributed by atoms with Gasteiger partial charge in [-0.1, -0.05) is 58.4 Å². The van der Waals surface area contributed by atoms with Gasteiger partial charge in [-0.2, -0.15) is 0 Å². The Morgan fingerprint density at radius 2 is 1.56 bits per heavy atom. The number of halogens is 1. The number of carbonyl (C=O) groups excluding carboxylic acids is 1. The molecule has 1 amide bonds. The SMILES string of the molecule is O=C(CN(c1cccc(Br)c1)S(=O)(=O)c1ccccc1)Nc1ccc2c(c1)oc1ccccc12. The molecule has 0 aliphatic rings. The van der Waals surface area contributed by atoms with Crippen molar-refractivity contribution < 1.29 is 17.6 Å². The van der Waals surface area contributed by atoms with Crippen LogP contribution in [0.4, 0.5) is 11.4 Å². The highest BCUT2D eigenvalue weighted by Gasteiger charge is 2.27. The van der Waals surface area contributed by atoms with E-state index >= 15 is 0 Å². The number of nitrogens with zero attached hydrogens (tertiary/aromatic N) is 1. The van der Waals surface area contributed by atoms with E-state index in [1.54, 1.807) is 54.6 Å². The average molecular weight is 535 g/mol. The van der Waals surface area contributed by atoms with Crippen LogP contribution < -0.4 is 9.62 Å². The normalized spacial score (nSPS) is 11.6. The highest BCUT2D eigenvalue weighted by atomic mass is 79.9. The molecule has 0 unspecified atom stereocenters. The average Bonchev–Trinajstić information content (AvgIpc) is 3.21. The molecule has 0 aliphatic carbocycles. The standard InChI is InChI=1S/C26H19BrN2O4S/c27-18-7-6-8-20(15-18)29(34(31,32)21-9-2-1-3-10-21)17-26(30)28-19-13-14-23-22-11-4-5-12-24(22)33-25(23)16-19/h1-16H,17H2,(H,28,30). The second kappa shape index (κ2) is 8.96. The fourth-order valence-electron chi connectivity index (χ4n) is 3.80. The van der Waals surface area contributed by atoms with Gasteiger partial charge in [0, 0.05) is 27.0 Å². The van der Waals surface area contributed by atoms with E-state index in [9.17, 15) is 13.2 Å². The lowest BCUT2D eigenvalue weighted by molar-refractivity contribution is -0.114. The van der Waals surface area contributed by atoms with E-state index in [0.29, 0.717) is 21.4 Å². The Balaban J connectivity index is 1.45. The van der Waals surface area contributed by atoms with Gasteiger partial charge in [0.1, 0.15) is 17.7 Å². The first-order valence-electron chi connectivity index (χ1n) is 10.5. The lowest BCUT2D eigenvalue weighted by Crippen LogP contribution is -2.38. The van der Waals surface area contributed by atoms with E-state index in [4.69, 9.17) is 4.42 Å². The molecular weight excluding hydrogens is 516 g/mol. The number of fused-ring (bicyclic) bond motifs is 3. The molecule has 0 saturated heterocycles. The largest absolute Gasteiger partial charge is 0.456 e. The van der Waals surface area contributed by atoms with Crippen LogP contribution in [0.1, 0.15) is 0 Å². The Labute approximate surface area is 205 Å². The van der Waals surface area contributed by atoms with E-state index in [1.807, 2.05) is 30.3 Å². The molecule has 5 rings (SSSR count). The van der Waals surface area contributed by atoms with E-state index < -0.39 is 22.5 Å². The van der Waals surface area contributed by atoms with Crippen LogP contribution >= 0.6 is 15.9 Å². The summed E-state index contributed by atoms with van der Waals surface area (Å²) in [5, 5.41) is 4.73. The molecule has 170 valence electrons. The summed E-state index contributed by atoms with van der Waals surface area (Å²) >= 11 is 3.38. The Morgan fingerprint density at radius 1 is 0.824 bits per heavy atom. The summed E-state index contributed by atoms with van der Waals surface area (Å²) in [5.74, 6) is -0.477. The summed E-state index contributed by atoms with van der Waals surface area (Å²) in [5.41, 5.74) is 2.29. The monoisotopic (exact) mass is 534 g/mol. The van der Waals surface area contributed by atoms with Crippen molar-refractivity contribution in [2.45, 2.75) is 4.90 Å². The van der Waals surface area contributed by atoms with Crippen molar-refractivity contribution in [3.8, 4) is 0 Å². The number of para-hydroxylation sites is 1. The number of amides is 1. The van der Waals surface area contributed by atoms with Crippen LogP contribution in [0.3, 0.4) is 0 Å². The van der Waals surface area contributed by atoms with Crippen molar-refractivity contribution in [2.24, 2.45) is 0 Å². The number of hydrogen-bond acceptors (Lipinski definition) is 4. The second-order valence-electron chi connectivity index (χ2n) is 7.66. The summed E-state index contributed by atoms with van der Waals surface area (Å²) in [7, 11) is -3.98. The van der Waals surface area contributed by atoms with Gasteiger partial charge >= 0.3 is 0 Å². The maximum atomic E-state index is 13.4. The predicted molar refractivity (Wildman–Crippen MR) is 137 cm³/mol. The Hall–Kier alpha value is -3.62. The number of nitrogens with one attached hydrogen (secondary N) is 1. The highest BCUT2D eigenvalue weighted by molar-refractivity contribution is 9.10. The topological polar surface area (TPSA) is 79.6 Å². The molecule has 8 heteroatoms. The minimum absolute atomic E-state index is 0.103. The van der Waals surface area contributed by atoms with Crippen LogP contribution in [0.5, 0.6) is 0 Å². The smallest absolute Gasteiger partial charge is 0.264 e. The molecule has 0 atom stereocenters. The van der Waals surface area contributed by atoms with Crippen molar-refractivity contribution in [3.63, 3.8) is 0 Å². The van der Waals surface area contributed by atoms with E-state index in [0.717, 1.165) is 20.7 Å². The Bertz CT molecular complexity index is 1610. The highest BCUT2D eigenvalue weighted by Crippen LogP contribution is 2.31. The number of hydrogen-bond donors (Lipinski definition) is 1. The zero-order chi connectivity index (χ0) is 23.7. The number of carbonyl (C=O) groups is 1. The van der Waals surface area contributed by atoms with Gasteiger partial charge in [-0.3, -0.25) is 9.10 Å². The molecule has 34 heavy (non-hydrogen) atoms. The van der Waals surface area contributed by atoms with Crippen molar-refractivity contribution in [1.82, 2.24) is 0 Å². The number of furan rings is 1. The summed E-state index contributed by atoms with van der Waals surface area (Å²) in [6.07, 6.45) is 0. The van der Waals surface area contributed by atoms with Crippen LogP contribution in [-0.2, 0) is 14.8 Å². The first-order chi connectivity index (χ1) is 16.4. The third-order valence-corrected chi connectivity index (χ3v) is 7.66. The van der Waals surface area contributed by atoms with Crippen molar-refractivity contribution in [3.05, 3.63) is 102 Å². The molecule has 1 heterocycles. The predicted octanol–water partition coefficient (Wildman–Crippen LogP) is 6.18. The van der Waals surface area contributed by atoms with E-state index in [2.05, 4.69) is 21.2 Å². The van der Waals surface area contributed by atoms with Crippen molar-refractivity contribution >= 4 is 65.2 Å². The number of anilines is 2. The Morgan fingerprint density at radius 3 is 2.35 bits per heavy atom. The molecule has 0 aliphatic heterocycles. The first kappa shape index (κ1) is 22.2. The van der Waals surface area contributed by atoms with Crippen molar-refractivity contribution in [1.29, 1.82) is 0 Å². The quantitative estimate of drug-likeness (QED) is 0.282. The van der Waals surface area contributed by atoms with Crippen LogP contribution in [-0.4, -0.2) is 20.9 Å². The molecular formula is C26H19BrN2O4S. The molecule has 6 nitrogen and oxygen atoms in total. The first-order valence-corrected chi connectivity index (χ1v) is 12.7. The zero-order valence-corrected chi connectivity index (χ0v) is 20.2. The minimum Gasteiger partial charge on any atom is -0.456 e. The molecule has 0 fully saturated rings. The second-order valence-corrected chi connectivity index (χ2v) is 10.4. The van der Waals surface area contributed by atoms with Gasteiger partial charge in [0.05, 0.1) is 10.6 Å². The fourth-order valence-corrected chi connectivity index (χ4v) is 5.62. The molecule has 0 spiro atoms. The minimum atomic E-state index is -3.98. The fraction of sp³-hybridized carbons (Fsp3) is 0.0385. The molecule has 4 aromatic carbocycles. The molecule has 1 aromatic heterocycles. The third-order valence-electron chi connectivity index (χ3n) is 5.38. The molecule has 0 saturated carbocycles. The number of rotatable bonds is 6. The molecule has 5 aromatic rings. The van der Waals surface area contributed by atoms with Crippen molar-refractivity contribution in [2.75, 3.05) is 16.2 Å². The summed E-state index contributed by atoms with van der Waals surface area (Å²) in [6, 6.07) is 28.0. The maximum Gasteiger partial charge on any atom is 0.264 e. The van der Waals surface area contributed by atoms with Gasteiger partial charge < -0.3 is 9.73 Å². The number of sulfonamides is 1. The number of benzene rings is 4. The van der Waals surface area contributed by atoms with Gasteiger partial charge in [0.2, 0.25) is 5.91 Å². The van der Waals surface area contributed by atoms with Crippen LogP contribution in [0, 0.1) is 0 Å². The summed E-state index contributed by atoms with van der Waals surface area (Å²) in [6.45, 7) is -0.397. The molecule has 0 bridgehead atoms. The lowest BCUT2D eigenvalue weighted by atomic mass is 10.1. The summed E-state index contributed by atoms with van der Waals surface area (Å²) in [4.78, 5) is 13.1. The van der Waals surface area contributed by atoms with E-state index in [-0.39, 0.29) is 4.90 Å². The van der Waals surface area contributed by atoms with Gasteiger partial charge in [-0.25, -0.2) is 8.42 Å². The third kappa shape index (κ3) is 4.30. The molecule has 0 radical (unpaired) electrons. The van der Waals surface area contributed by atoms with Gasteiger partial charge in [-0.15, -0.1) is 0 Å². The molecule has 1 N–H and O–H groups in total. The summed E-state index contributed by atoms with van der Waals surface area (Å²) < 4.78 is 34.5. The van der Waals surface area contributed by atoms with E-state index in [1.165, 1.54) is 12.1 Å². The lowest BCUT2D eigenvalue weighted by Gasteiger charge is -2.24. The maximum absolute atomic E-state index is 13.4. The van der Waals surface area contributed by atoms with Crippen LogP contribution in [0.25, 0.3) is 21.9 Å². The van der Waals surface area contributed by atoms with Gasteiger partial charge in [0.25, 0.3) is 10.0 Å².